The Hall–Kier alpha value is -6.21. The van der Waals surface area contributed by atoms with Crippen LogP contribution in [0.25, 0.3) is 22.3 Å². The summed E-state index contributed by atoms with van der Waals surface area (Å²) in [5.74, 6) is -0.276. The summed E-state index contributed by atoms with van der Waals surface area (Å²) in [5, 5.41) is 0. The number of ether oxygens (including phenoxy) is 1. The molecular weight excluding hydrogens is 748 g/mol. The molecule has 7 aromatic rings. The van der Waals surface area contributed by atoms with E-state index in [1.807, 2.05) is 0 Å². The molecule has 0 radical (unpaired) electrons. The van der Waals surface area contributed by atoms with Gasteiger partial charge in [-0.15, -0.1) is 13.2 Å². The second kappa shape index (κ2) is 14.2. The van der Waals surface area contributed by atoms with Crippen LogP contribution in [0.3, 0.4) is 0 Å². The predicted octanol–water partition coefficient (Wildman–Crippen LogP) is 13.2. The molecule has 300 valence electrons. The molecule has 0 amide bonds. The molecule has 2 aliphatic heterocycles. The SMILES string of the molecule is Cc1ccc(-c2ccc3c(c2)B2c4cc(-c5ccc(C)cc5)ccc4N(c4ccc(C(C)(C)C)cc4)c4cc(OC(F)(F)F)cc(c42)N3c2ccc(C(C)(C)C)cc2)cc1. The van der Waals surface area contributed by atoms with Crippen LogP contribution in [0, 0.1) is 13.8 Å². The number of anilines is 6. The lowest BCUT2D eigenvalue weighted by Gasteiger charge is -2.44. The monoisotopic (exact) mass is 796 g/mol. The van der Waals surface area contributed by atoms with Crippen LogP contribution in [-0.2, 0) is 10.8 Å². The quantitative estimate of drug-likeness (QED) is 0.161. The van der Waals surface area contributed by atoms with E-state index in [1.54, 1.807) is 12.1 Å². The van der Waals surface area contributed by atoms with Gasteiger partial charge >= 0.3 is 6.36 Å². The fraction of sp³-hybridized carbons (Fsp3) is 0.208. The first-order valence-corrected chi connectivity index (χ1v) is 20.6. The van der Waals surface area contributed by atoms with E-state index >= 15 is 0 Å². The van der Waals surface area contributed by atoms with Crippen LogP contribution in [0.1, 0.15) is 63.8 Å². The van der Waals surface area contributed by atoms with Gasteiger partial charge in [-0.3, -0.25) is 0 Å². The molecule has 0 aliphatic carbocycles. The zero-order chi connectivity index (χ0) is 42.3. The number of rotatable bonds is 5. The van der Waals surface area contributed by atoms with E-state index in [2.05, 4.69) is 199 Å². The predicted molar refractivity (Wildman–Crippen MR) is 245 cm³/mol. The summed E-state index contributed by atoms with van der Waals surface area (Å²) in [4.78, 5) is 4.24. The number of fused-ring (bicyclic) bond motifs is 4. The lowest BCUT2D eigenvalue weighted by molar-refractivity contribution is -0.274. The highest BCUT2D eigenvalue weighted by Gasteiger charge is 2.45. The average Bonchev–Trinajstić information content (AvgIpc) is 3.20. The average molecular weight is 797 g/mol. The molecule has 0 aromatic heterocycles. The minimum absolute atomic E-state index is 0.0894. The van der Waals surface area contributed by atoms with Gasteiger partial charge < -0.3 is 14.5 Å². The van der Waals surface area contributed by atoms with E-state index in [-0.39, 0.29) is 23.3 Å². The Morgan fingerprint density at radius 2 is 0.800 bits per heavy atom. The van der Waals surface area contributed by atoms with Gasteiger partial charge in [-0.1, -0.05) is 150 Å². The summed E-state index contributed by atoms with van der Waals surface area (Å²) in [7, 11) is 0. The van der Waals surface area contributed by atoms with Crippen LogP contribution < -0.4 is 30.9 Å². The number of benzene rings is 7. The first-order chi connectivity index (χ1) is 28.4. The van der Waals surface area contributed by atoms with Gasteiger partial charge in [0, 0.05) is 46.3 Å². The molecule has 0 unspecified atom stereocenters. The third-order valence-electron chi connectivity index (χ3n) is 12.0. The molecule has 0 atom stereocenters. The second-order valence-electron chi connectivity index (χ2n) is 18.4. The Labute approximate surface area is 352 Å². The number of nitrogens with zero attached hydrogens (tertiary/aromatic N) is 2. The molecular formula is C53H48BF3N2O. The fourth-order valence-electron chi connectivity index (χ4n) is 8.80. The molecule has 2 heterocycles. The molecule has 9 rings (SSSR count). The third-order valence-corrected chi connectivity index (χ3v) is 12.0. The van der Waals surface area contributed by atoms with Crippen molar-refractivity contribution in [3.8, 4) is 28.0 Å². The van der Waals surface area contributed by atoms with Gasteiger partial charge in [0.15, 0.2) is 0 Å². The Morgan fingerprint density at radius 3 is 1.15 bits per heavy atom. The van der Waals surface area contributed by atoms with E-state index < -0.39 is 6.36 Å². The van der Waals surface area contributed by atoms with Crippen molar-refractivity contribution in [2.75, 3.05) is 9.80 Å². The van der Waals surface area contributed by atoms with Crippen LogP contribution in [0.5, 0.6) is 5.75 Å². The Bertz CT molecular complexity index is 2560. The van der Waals surface area contributed by atoms with Crippen molar-refractivity contribution < 1.29 is 17.9 Å². The van der Waals surface area contributed by atoms with Gasteiger partial charge in [-0.2, -0.15) is 0 Å². The van der Waals surface area contributed by atoms with Crippen molar-refractivity contribution in [1.82, 2.24) is 0 Å². The summed E-state index contributed by atoms with van der Waals surface area (Å²) in [5.41, 5.74) is 16.6. The van der Waals surface area contributed by atoms with Gasteiger partial charge in [0.1, 0.15) is 5.75 Å². The number of halogens is 3. The van der Waals surface area contributed by atoms with Crippen molar-refractivity contribution in [1.29, 1.82) is 0 Å². The molecule has 2 aliphatic rings. The highest BCUT2D eigenvalue weighted by Crippen LogP contribution is 2.47. The molecule has 7 heteroatoms. The summed E-state index contributed by atoms with van der Waals surface area (Å²) in [6.07, 6.45) is -4.90. The highest BCUT2D eigenvalue weighted by molar-refractivity contribution is 7.00. The van der Waals surface area contributed by atoms with Gasteiger partial charge in [-0.25, -0.2) is 0 Å². The molecule has 3 nitrogen and oxygen atoms in total. The normalized spacial score (nSPS) is 13.5. The van der Waals surface area contributed by atoms with Crippen molar-refractivity contribution in [3.05, 3.63) is 168 Å². The van der Waals surface area contributed by atoms with Gasteiger partial charge in [0.25, 0.3) is 6.71 Å². The smallest absolute Gasteiger partial charge is 0.406 e. The molecule has 7 aromatic carbocycles. The van der Waals surface area contributed by atoms with E-state index in [0.29, 0.717) is 11.4 Å². The van der Waals surface area contributed by atoms with Crippen molar-refractivity contribution >= 4 is 57.2 Å². The number of hydrogen-bond acceptors (Lipinski definition) is 3. The Balaban J connectivity index is 1.37. The van der Waals surface area contributed by atoms with Crippen LogP contribution in [-0.4, -0.2) is 13.1 Å². The molecule has 60 heavy (non-hydrogen) atoms. The standard InChI is InChI=1S/C53H48BF3N2O/c1-33-9-13-35(14-10-33)37-17-27-46-44(29-37)54-45-30-38(36-15-11-34(2)12-16-36)18-28-47(45)59(42-25-21-40(22-26-42)52(6,7)8)49-32-43(60-53(55,56)57)31-48(50(49)54)58(46)41-23-19-39(20-24-41)51(3,4)5/h9-32H,1-8H3. The summed E-state index contributed by atoms with van der Waals surface area (Å²) in [6.45, 7) is 16.9. The minimum atomic E-state index is -4.90. The number of hydrogen-bond donors (Lipinski definition) is 0. The fourth-order valence-corrected chi connectivity index (χ4v) is 8.80. The molecule has 0 fully saturated rings. The van der Waals surface area contributed by atoms with Crippen molar-refractivity contribution in [3.63, 3.8) is 0 Å². The minimum Gasteiger partial charge on any atom is -0.406 e. The second-order valence-corrected chi connectivity index (χ2v) is 18.4. The van der Waals surface area contributed by atoms with Crippen LogP contribution in [0.2, 0.25) is 0 Å². The maximum atomic E-state index is 14.3. The molecule has 0 saturated heterocycles. The highest BCUT2D eigenvalue weighted by atomic mass is 19.4. The van der Waals surface area contributed by atoms with E-state index in [0.717, 1.165) is 72.5 Å². The maximum Gasteiger partial charge on any atom is 0.573 e. The van der Waals surface area contributed by atoms with Crippen molar-refractivity contribution in [2.24, 2.45) is 0 Å². The largest absolute Gasteiger partial charge is 0.573 e. The summed E-state index contributed by atoms with van der Waals surface area (Å²) < 4.78 is 47.9. The van der Waals surface area contributed by atoms with Crippen molar-refractivity contribution in [2.45, 2.75) is 72.6 Å². The lowest BCUT2D eigenvalue weighted by atomic mass is 9.33. The zero-order valence-electron chi connectivity index (χ0n) is 35.4. The van der Waals surface area contributed by atoms with Gasteiger partial charge in [-0.05, 0) is 111 Å². The molecule has 0 spiro atoms. The first-order valence-electron chi connectivity index (χ1n) is 20.6. The number of aryl methyl sites for hydroxylation is 2. The number of alkyl halides is 3. The van der Waals surface area contributed by atoms with Gasteiger partial charge in [0.05, 0.1) is 0 Å². The Kier molecular flexibility index (Phi) is 9.31. The first kappa shape index (κ1) is 39.3. The van der Waals surface area contributed by atoms with Crippen LogP contribution >= 0.6 is 0 Å². The maximum absolute atomic E-state index is 14.3. The van der Waals surface area contributed by atoms with E-state index in [9.17, 15) is 13.2 Å². The topological polar surface area (TPSA) is 15.7 Å². The zero-order valence-corrected chi connectivity index (χ0v) is 35.4. The summed E-state index contributed by atoms with van der Waals surface area (Å²) >= 11 is 0. The van der Waals surface area contributed by atoms with Crippen LogP contribution in [0.4, 0.5) is 47.3 Å². The summed E-state index contributed by atoms with van der Waals surface area (Å²) in [6, 6.07) is 50.1. The van der Waals surface area contributed by atoms with Gasteiger partial charge in [0.2, 0.25) is 0 Å². The van der Waals surface area contributed by atoms with Crippen LogP contribution in [0.15, 0.2) is 146 Å². The lowest BCUT2D eigenvalue weighted by Crippen LogP contribution is -2.61. The molecule has 0 bridgehead atoms. The third kappa shape index (κ3) is 7.14. The Morgan fingerprint density at radius 1 is 0.433 bits per heavy atom. The van der Waals surface area contributed by atoms with E-state index in [1.165, 1.54) is 11.1 Å². The molecule has 0 saturated carbocycles. The van der Waals surface area contributed by atoms with E-state index in [4.69, 9.17) is 4.74 Å². The molecule has 0 N–H and O–H groups in total.